The molecule has 0 N–H and O–H groups in total. The Labute approximate surface area is 105 Å². The quantitative estimate of drug-likeness (QED) is 0.209. The lowest BCUT2D eigenvalue weighted by Gasteiger charge is -2.11. The van der Waals surface area contributed by atoms with E-state index < -0.39 is 52.6 Å². The summed E-state index contributed by atoms with van der Waals surface area (Å²) >= 11 is 0. The van der Waals surface area contributed by atoms with Gasteiger partial charge < -0.3 is 4.74 Å². The van der Waals surface area contributed by atoms with Crippen molar-refractivity contribution in [3.63, 3.8) is 0 Å². The molecule has 0 saturated carbocycles. The van der Waals surface area contributed by atoms with Crippen molar-refractivity contribution < 1.29 is 44.7 Å². The zero-order chi connectivity index (χ0) is 15.8. The monoisotopic (exact) mass is 306 g/mol. The Hall–Kier alpha value is -2.13. The van der Waals surface area contributed by atoms with Crippen molar-refractivity contribution in [1.29, 1.82) is 0 Å². The zero-order valence-electron chi connectivity index (χ0n) is 9.05. The molecular weight excluding hydrogens is 304 g/mol. The normalized spacial score (nSPS) is 11.4. The van der Waals surface area contributed by atoms with Gasteiger partial charge in [0.05, 0.1) is 0 Å². The minimum absolute atomic E-state index is 2.14. The van der Waals surface area contributed by atoms with Crippen LogP contribution in [-0.2, 0) is 4.79 Å². The molecule has 0 aliphatic carbocycles. The molecule has 110 valence electrons. The molecule has 10 heteroatoms. The molecule has 0 unspecified atom stereocenters. The first kappa shape index (κ1) is 15.9. The van der Waals surface area contributed by atoms with E-state index in [1.807, 2.05) is 0 Å². The largest absolute Gasteiger partial charge is 0.422 e. The minimum atomic E-state index is -5.29. The van der Waals surface area contributed by atoms with Crippen LogP contribution in [0.1, 0.15) is 0 Å². The summed E-state index contributed by atoms with van der Waals surface area (Å²) in [6.07, 6.45) is -5.29. The maximum Gasteiger partial charge on any atom is 0.422 e. The van der Waals surface area contributed by atoms with E-state index in [2.05, 4.69) is 11.3 Å². The van der Waals surface area contributed by atoms with E-state index in [9.17, 15) is 39.9 Å². The van der Waals surface area contributed by atoms with E-state index in [1.165, 1.54) is 0 Å². The standard InChI is InChI=1S/C10H2F8O2/c1-2(10(16,17)18)9(19)20-8-6(14)4(12)3(11)5(13)7(8)15/h1H2. The van der Waals surface area contributed by atoms with Crippen molar-refractivity contribution in [2.24, 2.45) is 0 Å². The van der Waals surface area contributed by atoms with Gasteiger partial charge in [-0.2, -0.15) is 22.0 Å². The third kappa shape index (κ3) is 2.73. The highest BCUT2D eigenvalue weighted by molar-refractivity contribution is 5.90. The van der Waals surface area contributed by atoms with Crippen LogP contribution in [0.15, 0.2) is 12.2 Å². The predicted octanol–water partition coefficient (Wildman–Crippen LogP) is 3.41. The number of carbonyl (C=O) groups excluding carboxylic acids is 1. The number of hydrogen-bond donors (Lipinski definition) is 0. The molecule has 0 aliphatic rings. The van der Waals surface area contributed by atoms with Gasteiger partial charge in [-0.05, 0) is 0 Å². The molecule has 0 amide bonds. The summed E-state index contributed by atoms with van der Waals surface area (Å²) in [4.78, 5) is 10.9. The molecule has 0 aromatic heterocycles. The predicted molar refractivity (Wildman–Crippen MR) is 47.1 cm³/mol. The fourth-order valence-corrected chi connectivity index (χ4v) is 0.944. The summed E-state index contributed by atoms with van der Waals surface area (Å²) in [5.74, 6) is -17.2. The van der Waals surface area contributed by atoms with Gasteiger partial charge in [-0.3, -0.25) is 0 Å². The summed E-state index contributed by atoms with van der Waals surface area (Å²) in [6, 6.07) is 0. The second-order valence-corrected chi connectivity index (χ2v) is 3.26. The molecule has 1 aromatic rings. The van der Waals surface area contributed by atoms with E-state index in [-0.39, 0.29) is 0 Å². The number of esters is 1. The van der Waals surface area contributed by atoms with E-state index in [0.29, 0.717) is 0 Å². The number of benzene rings is 1. The van der Waals surface area contributed by atoms with Gasteiger partial charge in [0.2, 0.25) is 34.8 Å². The summed E-state index contributed by atoms with van der Waals surface area (Å²) in [5, 5.41) is 0. The van der Waals surface area contributed by atoms with Crippen molar-refractivity contribution >= 4 is 5.97 Å². The average molecular weight is 306 g/mol. The van der Waals surface area contributed by atoms with Crippen LogP contribution >= 0.6 is 0 Å². The van der Waals surface area contributed by atoms with Crippen molar-refractivity contribution in [2.75, 3.05) is 0 Å². The Morgan fingerprint density at radius 3 is 1.55 bits per heavy atom. The maximum atomic E-state index is 13.0. The van der Waals surface area contributed by atoms with Crippen molar-refractivity contribution in [2.45, 2.75) is 6.18 Å². The molecule has 2 nitrogen and oxygen atoms in total. The number of alkyl halides is 3. The topological polar surface area (TPSA) is 26.3 Å². The molecule has 0 spiro atoms. The van der Waals surface area contributed by atoms with Crippen LogP contribution in [0.5, 0.6) is 5.75 Å². The van der Waals surface area contributed by atoms with Crippen LogP contribution in [0.3, 0.4) is 0 Å². The summed E-state index contributed by atoms with van der Waals surface area (Å²) in [7, 11) is 0. The van der Waals surface area contributed by atoms with Gasteiger partial charge in [-0.25, -0.2) is 18.0 Å². The highest BCUT2D eigenvalue weighted by Crippen LogP contribution is 2.31. The first-order chi connectivity index (χ1) is 8.98. The van der Waals surface area contributed by atoms with Gasteiger partial charge >= 0.3 is 12.1 Å². The van der Waals surface area contributed by atoms with E-state index >= 15 is 0 Å². The SMILES string of the molecule is C=C(C(=O)Oc1c(F)c(F)c(F)c(F)c1F)C(F)(F)F. The van der Waals surface area contributed by atoms with Gasteiger partial charge in [-0.1, -0.05) is 6.58 Å². The molecule has 0 atom stereocenters. The summed E-state index contributed by atoms with van der Waals surface area (Å²) < 4.78 is 104. The van der Waals surface area contributed by atoms with Crippen LogP contribution in [-0.4, -0.2) is 12.1 Å². The number of carbonyl (C=O) groups is 1. The van der Waals surface area contributed by atoms with Crippen LogP contribution in [0.25, 0.3) is 0 Å². The molecule has 1 rings (SSSR count). The maximum absolute atomic E-state index is 13.0. The molecule has 0 bridgehead atoms. The lowest BCUT2D eigenvalue weighted by Crippen LogP contribution is -2.24. The second-order valence-electron chi connectivity index (χ2n) is 3.26. The van der Waals surface area contributed by atoms with Crippen molar-refractivity contribution in [3.05, 3.63) is 41.2 Å². The fraction of sp³-hybridized carbons (Fsp3) is 0.100. The number of halogens is 8. The van der Waals surface area contributed by atoms with Crippen LogP contribution in [0.2, 0.25) is 0 Å². The van der Waals surface area contributed by atoms with E-state index in [1.54, 1.807) is 0 Å². The smallest absolute Gasteiger partial charge is 0.416 e. The Morgan fingerprint density at radius 1 is 0.850 bits per heavy atom. The molecule has 20 heavy (non-hydrogen) atoms. The van der Waals surface area contributed by atoms with Gasteiger partial charge in [0.15, 0.2) is 0 Å². The molecule has 0 aliphatic heterocycles. The van der Waals surface area contributed by atoms with Crippen LogP contribution < -0.4 is 4.74 Å². The second kappa shape index (κ2) is 5.10. The van der Waals surface area contributed by atoms with Gasteiger partial charge in [0.25, 0.3) is 0 Å². The zero-order valence-corrected chi connectivity index (χ0v) is 9.05. The Bertz CT molecular complexity index is 561. The Balaban J connectivity index is 3.24. The Morgan fingerprint density at radius 2 is 1.20 bits per heavy atom. The summed E-state index contributed by atoms with van der Waals surface area (Å²) in [5.41, 5.74) is -2.18. The third-order valence-electron chi connectivity index (χ3n) is 1.95. The molecule has 0 saturated heterocycles. The Kier molecular flexibility index (Phi) is 4.06. The van der Waals surface area contributed by atoms with Crippen LogP contribution in [0, 0.1) is 29.1 Å². The molecular formula is C10H2F8O2. The highest BCUT2D eigenvalue weighted by Gasteiger charge is 2.39. The molecule has 1 aromatic carbocycles. The van der Waals surface area contributed by atoms with Crippen LogP contribution in [0.4, 0.5) is 35.1 Å². The molecule has 0 heterocycles. The van der Waals surface area contributed by atoms with Gasteiger partial charge in [-0.15, -0.1) is 0 Å². The van der Waals surface area contributed by atoms with Crippen molar-refractivity contribution in [3.8, 4) is 5.75 Å². The van der Waals surface area contributed by atoms with Gasteiger partial charge in [0.1, 0.15) is 5.57 Å². The third-order valence-corrected chi connectivity index (χ3v) is 1.95. The lowest BCUT2D eigenvalue weighted by atomic mass is 10.2. The lowest BCUT2D eigenvalue weighted by molar-refractivity contribution is -0.142. The van der Waals surface area contributed by atoms with Gasteiger partial charge in [0, 0.05) is 0 Å². The molecule has 0 radical (unpaired) electrons. The average Bonchev–Trinajstić information content (AvgIpc) is 2.36. The van der Waals surface area contributed by atoms with Crippen molar-refractivity contribution in [1.82, 2.24) is 0 Å². The first-order valence-corrected chi connectivity index (χ1v) is 4.48. The highest BCUT2D eigenvalue weighted by atomic mass is 19.4. The number of ether oxygens (including phenoxy) is 1. The fourth-order valence-electron chi connectivity index (χ4n) is 0.944. The van der Waals surface area contributed by atoms with E-state index in [0.717, 1.165) is 0 Å². The number of hydrogen-bond acceptors (Lipinski definition) is 2. The van der Waals surface area contributed by atoms with E-state index in [4.69, 9.17) is 0 Å². The molecule has 0 fully saturated rings. The summed E-state index contributed by atoms with van der Waals surface area (Å²) in [6.45, 7) is 2.24. The minimum Gasteiger partial charge on any atom is -0.416 e. The number of rotatable bonds is 2. The first-order valence-electron chi connectivity index (χ1n) is 4.48.